The van der Waals surface area contributed by atoms with Gasteiger partial charge in [-0.3, -0.25) is 9.69 Å². The molecule has 2 heteroatoms. The van der Waals surface area contributed by atoms with Gasteiger partial charge in [-0.25, -0.2) is 0 Å². The molecule has 1 fully saturated rings. The van der Waals surface area contributed by atoms with E-state index in [4.69, 9.17) is 0 Å². The van der Waals surface area contributed by atoms with E-state index in [2.05, 4.69) is 18.7 Å². The van der Waals surface area contributed by atoms with Crippen LogP contribution < -0.4 is 0 Å². The molecule has 15 heavy (non-hydrogen) atoms. The lowest BCUT2D eigenvalue weighted by molar-refractivity contribution is -0.134. The molecule has 88 valence electrons. The monoisotopic (exact) mass is 211 g/mol. The summed E-state index contributed by atoms with van der Waals surface area (Å²) >= 11 is 0. The number of Topliss-reactive ketones (excluding diaryl/α,β-unsaturated/α-hetero) is 1. The Morgan fingerprint density at radius 1 is 1.27 bits per heavy atom. The van der Waals surface area contributed by atoms with Crippen molar-refractivity contribution in [2.24, 2.45) is 5.92 Å². The highest BCUT2D eigenvalue weighted by atomic mass is 16.1. The number of ketones is 1. The summed E-state index contributed by atoms with van der Waals surface area (Å²) in [5, 5.41) is 0. The topological polar surface area (TPSA) is 20.3 Å². The summed E-state index contributed by atoms with van der Waals surface area (Å²) in [6.45, 7) is 10.5. The number of likely N-dealkylation sites (tertiary alicyclic amines) is 1. The van der Waals surface area contributed by atoms with E-state index in [1.54, 1.807) is 0 Å². The van der Waals surface area contributed by atoms with Crippen LogP contribution in [0.25, 0.3) is 0 Å². The quantitative estimate of drug-likeness (QED) is 0.712. The molecule has 0 aliphatic carbocycles. The van der Waals surface area contributed by atoms with Crippen molar-refractivity contribution in [1.82, 2.24) is 4.90 Å². The molecule has 1 heterocycles. The maximum Gasteiger partial charge on any atom is 0.155 e. The fraction of sp³-hybridized carbons (Fsp3) is 0.923. The average molecular weight is 211 g/mol. The second kappa shape index (κ2) is 5.11. The van der Waals surface area contributed by atoms with Gasteiger partial charge in [-0.05, 0) is 39.3 Å². The van der Waals surface area contributed by atoms with Crippen molar-refractivity contribution in [3.8, 4) is 0 Å². The molecule has 0 aromatic rings. The van der Waals surface area contributed by atoms with Crippen molar-refractivity contribution in [1.29, 1.82) is 0 Å². The van der Waals surface area contributed by atoms with Crippen molar-refractivity contribution in [2.45, 2.75) is 58.9 Å². The van der Waals surface area contributed by atoms with E-state index in [-0.39, 0.29) is 11.5 Å². The van der Waals surface area contributed by atoms with Gasteiger partial charge in [-0.2, -0.15) is 0 Å². The first-order valence-corrected chi connectivity index (χ1v) is 6.31. The zero-order chi connectivity index (χ0) is 11.5. The lowest BCUT2D eigenvalue weighted by atomic mass is 9.84. The zero-order valence-electron chi connectivity index (χ0n) is 10.7. The minimum atomic E-state index is -0.214. The number of hydrogen-bond acceptors (Lipinski definition) is 2. The highest BCUT2D eigenvalue weighted by molar-refractivity contribution is 5.89. The molecule has 2 nitrogen and oxygen atoms in total. The van der Waals surface area contributed by atoms with Crippen molar-refractivity contribution >= 4 is 5.78 Å². The Hall–Kier alpha value is -0.370. The molecule has 1 aliphatic heterocycles. The smallest absolute Gasteiger partial charge is 0.155 e. The molecule has 0 bridgehead atoms. The van der Waals surface area contributed by atoms with Crippen molar-refractivity contribution in [2.75, 3.05) is 13.1 Å². The number of rotatable bonds is 4. The lowest BCUT2D eigenvalue weighted by Crippen LogP contribution is -2.55. The molecule has 1 aliphatic rings. The van der Waals surface area contributed by atoms with Crippen molar-refractivity contribution < 1.29 is 4.79 Å². The molecule has 1 rings (SSSR count). The van der Waals surface area contributed by atoms with Gasteiger partial charge in [-0.15, -0.1) is 0 Å². The first kappa shape index (κ1) is 12.7. The zero-order valence-corrected chi connectivity index (χ0v) is 10.7. The van der Waals surface area contributed by atoms with Crippen LogP contribution in [-0.4, -0.2) is 29.3 Å². The van der Waals surface area contributed by atoms with E-state index in [1.165, 1.54) is 19.3 Å². The normalized spacial score (nSPS) is 22.7. The summed E-state index contributed by atoms with van der Waals surface area (Å²) in [6.07, 6.45) is 4.76. The largest absolute Gasteiger partial charge is 0.297 e. The Labute approximate surface area is 94.0 Å². The van der Waals surface area contributed by atoms with Gasteiger partial charge in [0.25, 0.3) is 0 Å². The maximum atomic E-state index is 12.3. The molecule has 0 saturated carbocycles. The van der Waals surface area contributed by atoms with E-state index < -0.39 is 0 Å². The van der Waals surface area contributed by atoms with E-state index in [0.29, 0.717) is 5.78 Å². The molecule has 0 N–H and O–H groups in total. The lowest BCUT2D eigenvalue weighted by Gasteiger charge is -2.42. The Morgan fingerprint density at radius 3 is 2.20 bits per heavy atom. The van der Waals surface area contributed by atoms with Crippen LogP contribution in [0.3, 0.4) is 0 Å². The van der Waals surface area contributed by atoms with Gasteiger partial charge >= 0.3 is 0 Å². The van der Waals surface area contributed by atoms with E-state index in [1.807, 2.05) is 13.8 Å². The van der Waals surface area contributed by atoms with Crippen LogP contribution in [0.5, 0.6) is 0 Å². The third-order valence-electron chi connectivity index (χ3n) is 3.80. The number of piperidine rings is 1. The molecule has 0 aromatic carbocycles. The van der Waals surface area contributed by atoms with Gasteiger partial charge in [0.15, 0.2) is 5.78 Å². The summed E-state index contributed by atoms with van der Waals surface area (Å²) < 4.78 is 0. The van der Waals surface area contributed by atoms with Gasteiger partial charge in [0, 0.05) is 5.92 Å². The van der Waals surface area contributed by atoms with Crippen molar-refractivity contribution in [3.05, 3.63) is 0 Å². The summed E-state index contributed by atoms with van der Waals surface area (Å²) in [7, 11) is 0. The number of carbonyl (C=O) groups excluding carboxylic acids is 1. The van der Waals surface area contributed by atoms with E-state index in [9.17, 15) is 4.79 Å². The molecule has 0 spiro atoms. The molecular formula is C13H25NO. The van der Waals surface area contributed by atoms with Crippen LogP contribution in [0.2, 0.25) is 0 Å². The highest BCUT2D eigenvalue weighted by Crippen LogP contribution is 2.27. The van der Waals surface area contributed by atoms with Crippen LogP contribution >= 0.6 is 0 Å². The fourth-order valence-corrected chi connectivity index (χ4v) is 2.56. The third-order valence-corrected chi connectivity index (χ3v) is 3.80. The van der Waals surface area contributed by atoms with Gasteiger partial charge in [0.1, 0.15) is 0 Å². The summed E-state index contributed by atoms with van der Waals surface area (Å²) in [5.74, 6) is 0.559. The Balaban J connectivity index is 2.77. The van der Waals surface area contributed by atoms with Crippen molar-refractivity contribution in [3.63, 3.8) is 0 Å². The fourth-order valence-electron chi connectivity index (χ4n) is 2.56. The van der Waals surface area contributed by atoms with Gasteiger partial charge < -0.3 is 0 Å². The average Bonchev–Trinajstić information content (AvgIpc) is 2.28. The van der Waals surface area contributed by atoms with E-state index >= 15 is 0 Å². The second-order valence-electron chi connectivity index (χ2n) is 5.19. The van der Waals surface area contributed by atoms with Crippen LogP contribution in [-0.2, 0) is 4.79 Å². The predicted molar refractivity (Wildman–Crippen MR) is 64.0 cm³/mol. The molecule has 0 radical (unpaired) electrons. The summed E-state index contributed by atoms with van der Waals surface area (Å²) in [4.78, 5) is 14.7. The van der Waals surface area contributed by atoms with Gasteiger partial charge in [0.2, 0.25) is 0 Å². The predicted octanol–water partition coefficient (Wildman–Crippen LogP) is 2.87. The number of carbonyl (C=O) groups is 1. The van der Waals surface area contributed by atoms with Crippen LogP contribution in [0, 0.1) is 5.92 Å². The Bertz CT molecular complexity index is 219. The molecule has 1 atom stereocenters. The molecule has 0 amide bonds. The molecule has 1 unspecified atom stereocenters. The first-order chi connectivity index (χ1) is 7.02. The third kappa shape index (κ3) is 2.60. The standard InChI is InChI=1S/C13H25NO/c1-5-13(4,12(15)11(2)3)14-9-7-6-8-10-14/h11H,5-10H2,1-4H3. The van der Waals surface area contributed by atoms with Crippen LogP contribution in [0.4, 0.5) is 0 Å². The Morgan fingerprint density at radius 2 is 1.80 bits per heavy atom. The van der Waals surface area contributed by atoms with Gasteiger partial charge in [0.05, 0.1) is 5.54 Å². The highest BCUT2D eigenvalue weighted by Gasteiger charge is 2.38. The second-order valence-corrected chi connectivity index (χ2v) is 5.19. The number of hydrogen-bond donors (Lipinski definition) is 0. The summed E-state index contributed by atoms with van der Waals surface area (Å²) in [6, 6.07) is 0. The molecular weight excluding hydrogens is 186 g/mol. The summed E-state index contributed by atoms with van der Waals surface area (Å²) in [5.41, 5.74) is -0.214. The maximum absolute atomic E-state index is 12.3. The SMILES string of the molecule is CCC(C)(C(=O)C(C)C)N1CCCCC1. The van der Waals surface area contributed by atoms with Gasteiger partial charge in [-0.1, -0.05) is 27.2 Å². The van der Waals surface area contributed by atoms with Crippen LogP contribution in [0.1, 0.15) is 53.4 Å². The number of nitrogens with zero attached hydrogens (tertiary/aromatic N) is 1. The molecule has 1 saturated heterocycles. The first-order valence-electron chi connectivity index (χ1n) is 6.31. The van der Waals surface area contributed by atoms with E-state index in [0.717, 1.165) is 19.5 Å². The minimum Gasteiger partial charge on any atom is -0.297 e. The minimum absolute atomic E-state index is 0.150. The molecule has 0 aromatic heterocycles. The Kier molecular flexibility index (Phi) is 4.32. The van der Waals surface area contributed by atoms with Crippen LogP contribution in [0.15, 0.2) is 0 Å².